The largest absolute Gasteiger partial charge is 0.253 e. The highest BCUT2D eigenvalue weighted by Crippen LogP contribution is 2.25. The number of aromatic nitrogens is 1. The van der Waals surface area contributed by atoms with Crippen LogP contribution in [-0.4, -0.2) is 13.4 Å². The summed E-state index contributed by atoms with van der Waals surface area (Å²) in [5, 5.41) is 0. The van der Waals surface area contributed by atoms with Crippen LogP contribution in [0.25, 0.3) is 0 Å². The van der Waals surface area contributed by atoms with Gasteiger partial charge in [0, 0.05) is 17.6 Å². The number of nitrogens with zero attached hydrogens (tertiary/aromatic N) is 1. The number of hydrogen-bond donors (Lipinski definition) is 1. The van der Waals surface area contributed by atoms with Crippen molar-refractivity contribution in [3.63, 3.8) is 0 Å². The molecule has 8 heteroatoms. The maximum atomic E-state index is 11.8. The molecule has 0 saturated carbocycles. The minimum Gasteiger partial charge on any atom is -0.253 e. The molecule has 86 valence electrons. The molecule has 0 aromatic carbocycles. The van der Waals surface area contributed by atoms with Crippen molar-refractivity contribution in [3.8, 4) is 0 Å². The van der Waals surface area contributed by atoms with Crippen molar-refractivity contribution in [3.05, 3.63) is 32.5 Å². The number of rotatable bonds is 4. The van der Waals surface area contributed by atoms with Crippen LogP contribution in [0.3, 0.4) is 0 Å². The van der Waals surface area contributed by atoms with E-state index in [1.54, 1.807) is 23.8 Å². The second kappa shape index (κ2) is 4.92. The van der Waals surface area contributed by atoms with Crippen LogP contribution in [0.5, 0.6) is 0 Å². The van der Waals surface area contributed by atoms with Crippen LogP contribution in [0.4, 0.5) is 0 Å². The molecule has 0 spiro atoms. The van der Waals surface area contributed by atoms with E-state index in [2.05, 4.69) is 25.6 Å². The third-order valence-electron chi connectivity index (χ3n) is 1.73. The first kappa shape index (κ1) is 12.2. The molecule has 2 heterocycles. The van der Waals surface area contributed by atoms with Gasteiger partial charge in [-0.25, -0.2) is 13.1 Å². The first-order valence-corrected chi connectivity index (χ1v) is 8.17. The van der Waals surface area contributed by atoms with E-state index in [1.165, 1.54) is 22.7 Å². The van der Waals surface area contributed by atoms with Gasteiger partial charge < -0.3 is 0 Å². The van der Waals surface area contributed by atoms with Crippen molar-refractivity contribution in [2.75, 3.05) is 0 Å². The SMILES string of the molecule is O=S(=O)(NCc1cncs1)c1ccc(Br)s1. The third-order valence-corrected chi connectivity index (χ3v) is 6.03. The second-order valence-electron chi connectivity index (χ2n) is 2.85. The minimum atomic E-state index is -3.40. The Labute approximate surface area is 110 Å². The predicted molar refractivity (Wildman–Crippen MR) is 68.2 cm³/mol. The number of thiophene rings is 1. The number of sulfonamides is 1. The van der Waals surface area contributed by atoms with Gasteiger partial charge in [-0.3, -0.25) is 4.98 Å². The number of thiazole rings is 1. The smallest absolute Gasteiger partial charge is 0.250 e. The lowest BCUT2D eigenvalue weighted by Gasteiger charge is -2.01. The van der Waals surface area contributed by atoms with Gasteiger partial charge in [0.15, 0.2) is 0 Å². The summed E-state index contributed by atoms with van der Waals surface area (Å²) in [5.74, 6) is 0. The molecule has 1 N–H and O–H groups in total. The molecule has 0 atom stereocenters. The first-order valence-electron chi connectivity index (χ1n) is 4.20. The molecule has 0 bridgehead atoms. The zero-order valence-electron chi connectivity index (χ0n) is 7.88. The van der Waals surface area contributed by atoms with Crippen molar-refractivity contribution in [1.29, 1.82) is 0 Å². The molecule has 0 amide bonds. The van der Waals surface area contributed by atoms with Gasteiger partial charge in [-0.15, -0.1) is 22.7 Å². The quantitative estimate of drug-likeness (QED) is 0.931. The fourth-order valence-electron chi connectivity index (χ4n) is 1.01. The molecular weight excluding hydrogens is 332 g/mol. The van der Waals surface area contributed by atoms with Crippen LogP contribution in [-0.2, 0) is 16.6 Å². The summed E-state index contributed by atoms with van der Waals surface area (Å²) in [6.45, 7) is 0.280. The van der Waals surface area contributed by atoms with E-state index < -0.39 is 10.0 Å². The molecule has 2 aromatic rings. The van der Waals surface area contributed by atoms with Crippen LogP contribution >= 0.6 is 38.6 Å². The lowest BCUT2D eigenvalue weighted by atomic mass is 10.6. The van der Waals surface area contributed by atoms with Crippen molar-refractivity contribution >= 4 is 48.6 Å². The van der Waals surface area contributed by atoms with Crippen molar-refractivity contribution < 1.29 is 8.42 Å². The van der Waals surface area contributed by atoms with Gasteiger partial charge in [0.05, 0.1) is 9.30 Å². The number of hydrogen-bond acceptors (Lipinski definition) is 5. The number of halogens is 1. The molecule has 16 heavy (non-hydrogen) atoms. The van der Waals surface area contributed by atoms with E-state index >= 15 is 0 Å². The minimum absolute atomic E-state index is 0.280. The van der Waals surface area contributed by atoms with Crippen molar-refractivity contribution in [2.24, 2.45) is 0 Å². The fourth-order valence-corrected chi connectivity index (χ4v) is 4.70. The molecule has 0 unspecified atom stereocenters. The number of nitrogens with one attached hydrogen (secondary N) is 1. The maximum absolute atomic E-state index is 11.8. The Bertz CT molecular complexity index is 562. The highest BCUT2D eigenvalue weighted by atomic mass is 79.9. The normalized spacial score (nSPS) is 11.8. The molecule has 4 nitrogen and oxygen atoms in total. The van der Waals surface area contributed by atoms with Crippen molar-refractivity contribution in [1.82, 2.24) is 9.71 Å². The zero-order chi connectivity index (χ0) is 11.6. The topological polar surface area (TPSA) is 59.1 Å². The Morgan fingerprint density at radius 3 is 2.81 bits per heavy atom. The van der Waals surface area contributed by atoms with Crippen LogP contribution in [0.2, 0.25) is 0 Å². The van der Waals surface area contributed by atoms with Gasteiger partial charge in [-0.05, 0) is 28.1 Å². The van der Waals surface area contributed by atoms with E-state index in [0.717, 1.165) is 8.66 Å². The fraction of sp³-hybridized carbons (Fsp3) is 0.125. The van der Waals surface area contributed by atoms with E-state index in [4.69, 9.17) is 0 Å². The molecule has 0 aliphatic heterocycles. The van der Waals surface area contributed by atoms with E-state index in [0.29, 0.717) is 4.21 Å². The standard InChI is InChI=1S/C8H7BrN2O2S3/c9-7-1-2-8(15-7)16(12,13)11-4-6-3-10-5-14-6/h1-3,5,11H,4H2. The van der Waals surface area contributed by atoms with Gasteiger partial charge >= 0.3 is 0 Å². The summed E-state index contributed by atoms with van der Waals surface area (Å²) in [5.41, 5.74) is 1.67. The van der Waals surface area contributed by atoms with Gasteiger partial charge in [0.1, 0.15) is 4.21 Å². The summed E-state index contributed by atoms with van der Waals surface area (Å²) in [4.78, 5) is 4.77. The maximum Gasteiger partial charge on any atom is 0.250 e. The Hall–Kier alpha value is -0.280. The van der Waals surface area contributed by atoms with Gasteiger partial charge in [0.25, 0.3) is 0 Å². The lowest BCUT2D eigenvalue weighted by Crippen LogP contribution is -2.21. The first-order chi connectivity index (χ1) is 7.58. The summed E-state index contributed by atoms with van der Waals surface area (Å²) < 4.78 is 27.2. The molecule has 0 fully saturated rings. The van der Waals surface area contributed by atoms with Crippen LogP contribution < -0.4 is 4.72 Å². The monoisotopic (exact) mass is 338 g/mol. The molecule has 0 aliphatic carbocycles. The predicted octanol–water partition coefficient (Wildman–Crippen LogP) is 2.45. The van der Waals surface area contributed by atoms with E-state index in [1.807, 2.05) is 0 Å². The van der Waals surface area contributed by atoms with E-state index in [-0.39, 0.29) is 6.54 Å². The molecule has 0 aliphatic rings. The Morgan fingerprint density at radius 2 is 2.25 bits per heavy atom. The van der Waals surface area contributed by atoms with E-state index in [9.17, 15) is 8.42 Å². The van der Waals surface area contributed by atoms with Crippen molar-refractivity contribution in [2.45, 2.75) is 10.8 Å². The zero-order valence-corrected chi connectivity index (χ0v) is 11.9. The summed E-state index contributed by atoms with van der Waals surface area (Å²) in [6.07, 6.45) is 1.65. The Kier molecular flexibility index (Phi) is 3.75. The highest BCUT2D eigenvalue weighted by molar-refractivity contribution is 9.11. The Morgan fingerprint density at radius 1 is 1.44 bits per heavy atom. The average molecular weight is 339 g/mol. The van der Waals surface area contributed by atoms with Crippen LogP contribution in [0, 0.1) is 0 Å². The summed E-state index contributed by atoms with van der Waals surface area (Å²) in [7, 11) is -3.40. The Balaban J connectivity index is 2.09. The van der Waals surface area contributed by atoms with Gasteiger partial charge in [-0.1, -0.05) is 0 Å². The third kappa shape index (κ3) is 2.89. The van der Waals surface area contributed by atoms with Crippen LogP contribution in [0.1, 0.15) is 4.88 Å². The average Bonchev–Trinajstić information content (AvgIpc) is 2.85. The van der Waals surface area contributed by atoms with Gasteiger partial charge in [0.2, 0.25) is 10.0 Å². The summed E-state index contributed by atoms with van der Waals surface area (Å²) in [6, 6.07) is 3.29. The lowest BCUT2D eigenvalue weighted by molar-refractivity contribution is 0.584. The van der Waals surface area contributed by atoms with Crippen LogP contribution in [0.15, 0.2) is 31.8 Å². The highest BCUT2D eigenvalue weighted by Gasteiger charge is 2.16. The molecule has 2 aromatic heterocycles. The summed E-state index contributed by atoms with van der Waals surface area (Å²) >= 11 is 5.84. The molecular formula is C8H7BrN2O2S3. The molecule has 2 rings (SSSR count). The molecule has 0 saturated heterocycles. The second-order valence-corrected chi connectivity index (χ2v) is 8.28. The van der Waals surface area contributed by atoms with Gasteiger partial charge in [-0.2, -0.15) is 0 Å². The molecule has 0 radical (unpaired) electrons.